The van der Waals surface area contributed by atoms with Crippen molar-refractivity contribution in [1.82, 2.24) is 4.72 Å². The van der Waals surface area contributed by atoms with E-state index in [9.17, 15) is 13.5 Å². The highest BCUT2D eigenvalue weighted by atomic mass is 35.5. The van der Waals surface area contributed by atoms with Crippen LogP contribution in [0, 0.1) is 6.92 Å². The van der Waals surface area contributed by atoms with Crippen molar-refractivity contribution in [3.63, 3.8) is 0 Å². The molecule has 0 spiro atoms. The summed E-state index contributed by atoms with van der Waals surface area (Å²) < 4.78 is 27.1. The lowest BCUT2D eigenvalue weighted by molar-refractivity contribution is 0.00945. The standard InChI is InChI=1S/C14H21ClN2O3S/c1-10-12(15)7-11(8-13(10)16)21(19,20)17-9-14(18)5-3-2-4-6-14/h7-8,17-18H,2-6,9,16H2,1H3. The second-order valence-electron chi connectivity index (χ2n) is 5.73. The van der Waals surface area contributed by atoms with Crippen LogP contribution in [0.3, 0.4) is 0 Å². The third-order valence-electron chi connectivity index (χ3n) is 4.04. The van der Waals surface area contributed by atoms with Crippen LogP contribution in [0.4, 0.5) is 5.69 Å². The van der Waals surface area contributed by atoms with E-state index in [0.717, 1.165) is 19.3 Å². The molecule has 0 amide bonds. The number of rotatable bonds is 4. The van der Waals surface area contributed by atoms with Crippen molar-refractivity contribution in [2.24, 2.45) is 0 Å². The maximum atomic E-state index is 12.3. The van der Waals surface area contributed by atoms with Crippen molar-refractivity contribution in [2.75, 3.05) is 12.3 Å². The Labute approximate surface area is 130 Å². The molecule has 0 atom stereocenters. The topological polar surface area (TPSA) is 92.4 Å². The minimum absolute atomic E-state index is 0.0146. The molecule has 7 heteroatoms. The van der Waals surface area contributed by atoms with Crippen molar-refractivity contribution in [2.45, 2.75) is 49.5 Å². The third-order valence-corrected chi connectivity index (χ3v) is 5.82. The molecular weight excluding hydrogens is 312 g/mol. The highest BCUT2D eigenvalue weighted by Gasteiger charge is 2.31. The summed E-state index contributed by atoms with van der Waals surface area (Å²) in [7, 11) is -3.73. The van der Waals surface area contributed by atoms with E-state index in [0.29, 0.717) is 29.1 Å². The average molecular weight is 333 g/mol. The van der Waals surface area contributed by atoms with Gasteiger partial charge in [-0.3, -0.25) is 0 Å². The molecule has 0 radical (unpaired) electrons. The fraction of sp³-hybridized carbons (Fsp3) is 0.571. The van der Waals surface area contributed by atoms with Crippen molar-refractivity contribution in [1.29, 1.82) is 0 Å². The van der Waals surface area contributed by atoms with E-state index >= 15 is 0 Å². The SMILES string of the molecule is Cc1c(N)cc(S(=O)(=O)NCC2(O)CCCCC2)cc1Cl. The van der Waals surface area contributed by atoms with Gasteiger partial charge >= 0.3 is 0 Å². The second kappa shape index (κ2) is 6.12. The van der Waals surface area contributed by atoms with Crippen LogP contribution in [0.25, 0.3) is 0 Å². The zero-order valence-corrected chi connectivity index (χ0v) is 13.6. The molecule has 1 aromatic rings. The van der Waals surface area contributed by atoms with Crippen molar-refractivity contribution >= 4 is 27.3 Å². The predicted octanol–water partition coefficient (Wildman–Crippen LogP) is 2.20. The van der Waals surface area contributed by atoms with Gasteiger partial charge in [-0.25, -0.2) is 13.1 Å². The van der Waals surface area contributed by atoms with Crippen LogP contribution >= 0.6 is 11.6 Å². The van der Waals surface area contributed by atoms with Gasteiger partial charge < -0.3 is 10.8 Å². The molecule has 118 valence electrons. The zero-order valence-electron chi connectivity index (χ0n) is 12.0. The van der Waals surface area contributed by atoms with Crippen LogP contribution in [-0.4, -0.2) is 25.7 Å². The van der Waals surface area contributed by atoms with Crippen molar-refractivity contribution in [3.05, 3.63) is 22.7 Å². The predicted molar refractivity (Wildman–Crippen MR) is 83.8 cm³/mol. The Kier molecular flexibility index (Phi) is 4.82. The van der Waals surface area contributed by atoms with Gasteiger partial charge in [-0.15, -0.1) is 0 Å². The molecule has 0 unspecified atom stereocenters. The van der Waals surface area contributed by atoms with Gasteiger partial charge in [0.05, 0.1) is 10.5 Å². The number of nitrogen functional groups attached to an aromatic ring is 1. The lowest BCUT2D eigenvalue weighted by Crippen LogP contribution is -2.44. The smallest absolute Gasteiger partial charge is 0.240 e. The van der Waals surface area contributed by atoms with Crippen LogP contribution in [-0.2, 0) is 10.0 Å². The molecule has 2 rings (SSSR count). The van der Waals surface area contributed by atoms with Gasteiger partial charge in [0.25, 0.3) is 0 Å². The van der Waals surface area contributed by atoms with Crippen LogP contribution in [0.15, 0.2) is 17.0 Å². The van der Waals surface area contributed by atoms with Gasteiger partial charge in [0.2, 0.25) is 10.0 Å². The molecule has 0 saturated heterocycles. The Morgan fingerprint density at radius 3 is 2.52 bits per heavy atom. The number of nitrogens with two attached hydrogens (primary N) is 1. The Hall–Kier alpha value is -0.820. The first-order chi connectivity index (χ1) is 9.73. The van der Waals surface area contributed by atoms with Gasteiger partial charge in [0.15, 0.2) is 0 Å². The number of anilines is 1. The summed E-state index contributed by atoms with van der Waals surface area (Å²) in [6.07, 6.45) is 4.15. The molecule has 0 bridgehead atoms. The monoisotopic (exact) mass is 332 g/mol. The van der Waals surface area contributed by atoms with Crippen LogP contribution < -0.4 is 10.5 Å². The molecule has 1 fully saturated rings. The molecule has 1 saturated carbocycles. The Morgan fingerprint density at radius 1 is 1.33 bits per heavy atom. The van der Waals surface area contributed by atoms with Crippen LogP contribution in [0.2, 0.25) is 5.02 Å². The Bertz CT molecular complexity index is 602. The zero-order chi connectivity index (χ0) is 15.7. The van der Waals surface area contributed by atoms with E-state index in [4.69, 9.17) is 17.3 Å². The fourth-order valence-electron chi connectivity index (χ4n) is 2.53. The van der Waals surface area contributed by atoms with E-state index in [-0.39, 0.29) is 11.4 Å². The molecule has 0 aromatic heterocycles. The highest BCUT2D eigenvalue weighted by molar-refractivity contribution is 7.89. The number of nitrogens with one attached hydrogen (secondary N) is 1. The third kappa shape index (κ3) is 3.88. The molecule has 21 heavy (non-hydrogen) atoms. The van der Waals surface area contributed by atoms with Crippen molar-refractivity contribution in [3.8, 4) is 0 Å². The first kappa shape index (κ1) is 16.5. The van der Waals surface area contributed by atoms with E-state index < -0.39 is 15.6 Å². The first-order valence-electron chi connectivity index (χ1n) is 7.01. The number of hydrogen-bond acceptors (Lipinski definition) is 4. The summed E-state index contributed by atoms with van der Waals surface area (Å²) in [5.41, 5.74) is 5.79. The van der Waals surface area contributed by atoms with Gasteiger partial charge in [-0.2, -0.15) is 0 Å². The number of aliphatic hydroxyl groups is 1. The summed E-state index contributed by atoms with van der Waals surface area (Å²) in [5, 5.41) is 10.7. The fourth-order valence-corrected chi connectivity index (χ4v) is 4.00. The van der Waals surface area contributed by atoms with Gasteiger partial charge in [0, 0.05) is 17.3 Å². The lowest BCUT2D eigenvalue weighted by atomic mass is 9.85. The number of hydrogen-bond donors (Lipinski definition) is 3. The maximum absolute atomic E-state index is 12.3. The molecular formula is C14H21ClN2O3S. The Balaban J connectivity index is 2.15. The number of benzene rings is 1. The minimum atomic E-state index is -3.73. The normalized spacial score (nSPS) is 18.6. The van der Waals surface area contributed by atoms with Gasteiger partial charge in [0.1, 0.15) is 0 Å². The maximum Gasteiger partial charge on any atom is 0.240 e. The first-order valence-corrected chi connectivity index (χ1v) is 8.87. The molecule has 1 aliphatic carbocycles. The number of halogens is 1. The van der Waals surface area contributed by atoms with Crippen LogP contribution in [0.5, 0.6) is 0 Å². The van der Waals surface area contributed by atoms with Crippen LogP contribution in [0.1, 0.15) is 37.7 Å². The average Bonchev–Trinajstić information content (AvgIpc) is 2.43. The van der Waals surface area contributed by atoms with Gasteiger partial charge in [-0.1, -0.05) is 30.9 Å². The lowest BCUT2D eigenvalue weighted by Gasteiger charge is -2.32. The van der Waals surface area contributed by atoms with Gasteiger partial charge in [-0.05, 0) is 37.5 Å². The summed E-state index contributed by atoms with van der Waals surface area (Å²) in [6, 6.07) is 2.76. The Morgan fingerprint density at radius 2 is 1.95 bits per heavy atom. The summed E-state index contributed by atoms with van der Waals surface area (Å²) in [6.45, 7) is 1.74. The minimum Gasteiger partial charge on any atom is -0.398 e. The molecule has 1 aromatic carbocycles. The number of sulfonamides is 1. The molecule has 4 N–H and O–H groups in total. The van der Waals surface area contributed by atoms with E-state index in [1.165, 1.54) is 12.1 Å². The quantitative estimate of drug-likeness (QED) is 0.737. The highest BCUT2D eigenvalue weighted by Crippen LogP contribution is 2.29. The summed E-state index contributed by atoms with van der Waals surface area (Å²) in [4.78, 5) is 0.0232. The van der Waals surface area contributed by atoms with Crippen molar-refractivity contribution < 1.29 is 13.5 Å². The molecule has 5 nitrogen and oxygen atoms in total. The summed E-state index contributed by atoms with van der Waals surface area (Å²) >= 11 is 5.98. The van der Waals surface area contributed by atoms with E-state index in [2.05, 4.69) is 4.72 Å². The molecule has 1 aliphatic rings. The molecule has 0 aliphatic heterocycles. The van der Waals surface area contributed by atoms with E-state index in [1.54, 1.807) is 6.92 Å². The largest absolute Gasteiger partial charge is 0.398 e. The summed E-state index contributed by atoms with van der Waals surface area (Å²) in [5.74, 6) is 0. The molecule has 0 heterocycles. The second-order valence-corrected chi connectivity index (χ2v) is 7.90. The van der Waals surface area contributed by atoms with E-state index in [1.807, 2.05) is 0 Å².